The molecule has 0 radical (unpaired) electrons. The molecule has 2 N–H and O–H groups in total. The molecule has 1 aromatic rings. The maximum absolute atomic E-state index is 12.6. The van der Waals surface area contributed by atoms with Crippen molar-refractivity contribution < 1.29 is 19.4 Å². The summed E-state index contributed by atoms with van der Waals surface area (Å²) in [5, 5.41) is 20.6. The van der Waals surface area contributed by atoms with Gasteiger partial charge in [-0.3, -0.25) is 4.79 Å². The van der Waals surface area contributed by atoms with Crippen LogP contribution in [0.1, 0.15) is 21.7 Å². The SMILES string of the molecule is O=C(O)c1c(Br)c(Br)c(Br)c(Br)c1-c1c2cc(Cl)c(=O)c(I)c-2oc2c1CC(I)C(O)=C2Cl. The van der Waals surface area contributed by atoms with E-state index in [0.29, 0.717) is 46.6 Å². The lowest BCUT2D eigenvalue weighted by Crippen LogP contribution is -2.19. The topological polar surface area (TPSA) is 87.7 Å². The average molecular weight is 971 g/mol. The summed E-state index contributed by atoms with van der Waals surface area (Å²) in [7, 11) is 0. The molecule has 0 bridgehead atoms. The molecule has 4 rings (SSSR count). The molecule has 0 saturated carbocycles. The maximum Gasteiger partial charge on any atom is 0.337 e. The Kier molecular flexibility index (Phi) is 7.94. The zero-order valence-corrected chi connectivity index (χ0v) is 27.7. The van der Waals surface area contributed by atoms with Crippen LogP contribution in [0.3, 0.4) is 0 Å². The number of carbonyl (C=O) groups is 1. The van der Waals surface area contributed by atoms with Crippen molar-refractivity contribution in [1.29, 1.82) is 0 Å². The van der Waals surface area contributed by atoms with Crippen molar-refractivity contribution in [3.8, 4) is 22.5 Å². The van der Waals surface area contributed by atoms with Crippen molar-refractivity contribution in [3.05, 3.63) is 65.4 Å². The van der Waals surface area contributed by atoms with E-state index in [1.165, 1.54) is 6.07 Å². The first-order valence-electron chi connectivity index (χ1n) is 8.68. The molecule has 0 spiro atoms. The summed E-state index contributed by atoms with van der Waals surface area (Å²) < 4.78 is 7.74. The Hall–Kier alpha value is 0.620. The van der Waals surface area contributed by atoms with Gasteiger partial charge in [-0.15, -0.1) is 0 Å². The number of carboxylic acid groups (broad SMARTS) is 1. The Bertz CT molecular complexity index is 1450. The lowest BCUT2D eigenvalue weighted by atomic mass is 9.86. The minimum atomic E-state index is -1.18. The van der Waals surface area contributed by atoms with E-state index in [4.69, 9.17) is 27.6 Å². The Morgan fingerprint density at radius 1 is 1.06 bits per heavy atom. The van der Waals surface area contributed by atoms with E-state index < -0.39 is 11.4 Å². The first-order chi connectivity index (χ1) is 15.4. The lowest BCUT2D eigenvalue weighted by molar-refractivity contribution is 0.0696. The second-order valence-corrected chi connectivity index (χ2v) is 13.4. The van der Waals surface area contributed by atoms with Gasteiger partial charge < -0.3 is 14.6 Å². The standard InChI is InChI=1S/C20H6Br4Cl2I2O5/c21-10-8(9(20(31)32)11(22)13(24)12(10)23)7-3-1-5(25)16(29)15(28)19(3)33-18-4(7)2-6(27)17(30)14(18)26/h1,6,30H,2H2,(H,31,32). The molecule has 172 valence electrons. The van der Waals surface area contributed by atoms with Gasteiger partial charge in [0.2, 0.25) is 5.43 Å². The second kappa shape index (κ2) is 9.82. The van der Waals surface area contributed by atoms with Crippen LogP contribution in [0.4, 0.5) is 0 Å². The van der Waals surface area contributed by atoms with Crippen LogP contribution in [0.5, 0.6) is 0 Å². The fourth-order valence-corrected chi connectivity index (χ4v) is 8.32. The van der Waals surface area contributed by atoms with E-state index in [1.807, 2.05) is 22.6 Å². The number of allylic oxidation sites excluding steroid dienone is 1. The van der Waals surface area contributed by atoms with Gasteiger partial charge in [0.1, 0.15) is 14.4 Å². The zero-order valence-electron chi connectivity index (χ0n) is 15.5. The number of aliphatic hydroxyl groups excluding tert-OH is 1. The highest BCUT2D eigenvalue weighted by Gasteiger charge is 2.36. The number of rotatable bonds is 2. The van der Waals surface area contributed by atoms with Crippen molar-refractivity contribution in [3.63, 3.8) is 0 Å². The fourth-order valence-electron chi connectivity index (χ4n) is 3.56. The number of aliphatic hydroxyl groups is 1. The van der Waals surface area contributed by atoms with Crippen LogP contribution in [0, 0.1) is 3.57 Å². The van der Waals surface area contributed by atoms with Crippen molar-refractivity contribution in [2.75, 3.05) is 0 Å². The fraction of sp³-hybridized carbons (Fsp3) is 0.100. The molecule has 1 unspecified atom stereocenters. The highest BCUT2D eigenvalue weighted by molar-refractivity contribution is 14.1. The van der Waals surface area contributed by atoms with Crippen LogP contribution >= 0.6 is 132 Å². The molecule has 0 saturated heterocycles. The molecule has 5 nitrogen and oxygen atoms in total. The quantitative estimate of drug-likeness (QED) is 0.116. The number of fused-ring (bicyclic) bond motifs is 2. The molecule has 0 aromatic heterocycles. The number of hydrogen-bond acceptors (Lipinski definition) is 4. The van der Waals surface area contributed by atoms with Gasteiger partial charge in [0.25, 0.3) is 0 Å². The number of benzene rings is 2. The summed E-state index contributed by atoms with van der Waals surface area (Å²) in [6.07, 6.45) is 0.302. The summed E-state index contributed by atoms with van der Waals surface area (Å²) in [6, 6.07) is 1.47. The van der Waals surface area contributed by atoms with Crippen LogP contribution in [0.25, 0.3) is 27.5 Å². The first-order valence-corrected chi connectivity index (χ1v) is 14.9. The van der Waals surface area contributed by atoms with E-state index in [1.54, 1.807) is 0 Å². The van der Waals surface area contributed by atoms with Gasteiger partial charge in [-0.2, -0.15) is 0 Å². The molecule has 1 heterocycles. The van der Waals surface area contributed by atoms with Crippen LogP contribution < -0.4 is 5.43 Å². The van der Waals surface area contributed by atoms with Gasteiger partial charge in [-0.05, 0) is 98.8 Å². The third-order valence-corrected chi connectivity index (χ3v) is 12.4. The first kappa shape index (κ1) is 26.7. The summed E-state index contributed by atoms with van der Waals surface area (Å²) in [4.78, 5) is 25.0. The Morgan fingerprint density at radius 3 is 2.27 bits per heavy atom. The van der Waals surface area contributed by atoms with Gasteiger partial charge in [-0.1, -0.05) is 45.8 Å². The molecule has 0 fully saturated rings. The molecule has 13 heteroatoms. The molecule has 1 aromatic carbocycles. The van der Waals surface area contributed by atoms with Crippen LogP contribution in [0.15, 0.2) is 38.9 Å². The molecule has 1 aliphatic heterocycles. The average Bonchev–Trinajstić information content (AvgIpc) is 2.76. The molecular formula is C20H6Br4Cl2I2O5. The van der Waals surface area contributed by atoms with E-state index >= 15 is 0 Å². The lowest BCUT2D eigenvalue weighted by Gasteiger charge is -2.27. The van der Waals surface area contributed by atoms with Crippen LogP contribution in [-0.4, -0.2) is 20.1 Å². The van der Waals surface area contributed by atoms with Gasteiger partial charge in [0, 0.05) is 40.1 Å². The molecule has 33 heavy (non-hydrogen) atoms. The van der Waals surface area contributed by atoms with Crippen molar-refractivity contribution in [2.24, 2.45) is 0 Å². The molecule has 0 amide bonds. The smallest absolute Gasteiger partial charge is 0.337 e. The van der Waals surface area contributed by atoms with Gasteiger partial charge >= 0.3 is 5.97 Å². The molecule has 2 aliphatic carbocycles. The predicted octanol–water partition coefficient (Wildman–Crippen LogP) is 9.24. The number of hydrogen-bond donors (Lipinski definition) is 2. The Labute approximate surface area is 257 Å². The summed E-state index contributed by atoms with van der Waals surface area (Å²) >= 11 is 30.5. The molecular weight excluding hydrogens is 965 g/mol. The molecule has 1 atom stereocenters. The highest BCUT2D eigenvalue weighted by Crippen LogP contribution is 2.53. The van der Waals surface area contributed by atoms with Gasteiger partial charge in [0.05, 0.1) is 14.5 Å². The van der Waals surface area contributed by atoms with E-state index in [2.05, 4.69) is 86.3 Å². The normalized spacial score (nSPS) is 15.8. The monoisotopic (exact) mass is 965 g/mol. The maximum atomic E-state index is 12.6. The van der Waals surface area contributed by atoms with Crippen LogP contribution in [-0.2, 0) is 6.42 Å². The minimum absolute atomic E-state index is 0.000222. The van der Waals surface area contributed by atoms with E-state index in [9.17, 15) is 19.8 Å². The number of halogens is 8. The Morgan fingerprint density at radius 2 is 1.67 bits per heavy atom. The molecule has 3 aliphatic rings. The van der Waals surface area contributed by atoms with Gasteiger partial charge in [-0.25, -0.2) is 4.79 Å². The van der Waals surface area contributed by atoms with E-state index in [0.717, 1.165) is 0 Å². The minimum Gasteiger partial charge on any atom is -0.509 e. The largest absolute Gasteiger partial charge is 0.509 e. The third kappa shape index (κ3) is 4.27. The third-order valence-electron chi connectivity index (χ3n) is 5.02. The highest BCUT2D eigenvalue weighted by atomic mass is 127. The van der Waals surface area contributed by atoms with E-state index in [-0.39, 0.29) is 40.4 Å². The number of alkyl halides is 1. The van der Waals surface area contributed by atoms with Crippen molar-refractivity contribution in [1.82, 2.24) is 0 Å². The summed E-state index contributed by atoms with van der Waals surface area (Å²) in [5.74, 6) is -0.875. The van der Waals surface area contributed by atoms with Crippen molar-refractivity contribution in [2.45, 2.75) is 10.3 Å². The second-order valence-electron chi connectivity index (χ2n) is 6.84. The summed E-state index contributed by atoms with van der Waals surface area (Å²) in [5.41, 5.74) is 1.39. The summed E-state index contributed by atoms with van der Waals surface area (Å²) in [6.45, 7) is 0. The van der Waals surface area contributed by atoms with Gasteiger partial charge in [0.15, 0.2) is 11.5 Å². The number of aromatic carboxylic acids is 1. The van der Waals surface area contributed by atoms with Crippen LogP contribution in [0.2, 0.25) is 5.02 Å². The van der Waals surface area contributed by atoms with Crippen molar-refractivity contribution >= 4 is 143 Å². The Balaban J connectivity index is 2.34. The predicted molar refractivity (Wildman–Crippen MR) is 159 cm³/mol. The number of carboxylic acids is 1. The zero-order chi connectivity index (χ0) is 24.5.